The number of carbonyl (C=O) groups excluding carboxylic acids is 3. The highest BCUT2D eigenvalue weighted by Crippen LogP contribution is 2.07. The summed E-state index contributed by atoms with van der Waals surface area (Å²) in [7, 11) is 0. The second-order valence-corrected chi connectivity index (χ2v) is 7.27. The van der Waals surface area contributed by atoms with E-state index in [0.717, 1.165) is 0 Å². The fourth-order valence-electron chi connectivity index (χ4n) is 1.90. The van der Waals surface area contributed by atoms with Crippen LogP contribution in [0.5, 0.6) is 0 Å². The lowest BCUT2D eigenvalue weighted by Crippen LogP contribution is -2.47. The van der Waals surface area contributed by atoms with Gasteiger partial charge in [0.2, 0.25) is 0 Å². The van der Waals surface area contributed by atoms with Gasteiger partial charge in [-0.25, -0.2) is 19.2 Å². The van der Waals surface area contributed by atoms with Crippen LogP contribution in [-0.2, 0) is 38.2 Å². The number of alkyl carbamates (subject to hydrolysis) is 1. The Balaban J connectivity index is 4.43. The monoisotopic (exact) mass is 503 g/mol. The summed E-state index contributed by atoms with van der Waals surface area (Å²) < 4.78 is 24.6. The topological polar surface area (TPSA) is 215 Å². The Bertz CT molecular complexity index is 584. The van der Waals surface area contributed by atoms with Gasteiger partial charge in [0, 0.05) is 0 Å². The van der Waals surface area contributed by atoms with E-state index < -0.39 is 47.2 Å². The standard InChI is InChI=1S/C17H33N3O14/c1-17(2,3)34-15(22)18-13(14(21)29-6-4-5-7-32-19(24)25)12-31-16(23)30-10-8-28-9-11-33-20(26)27/h13,24-27H,4-12H2,1-3H3,(H,18,22). The van der Waals surface area contributed by atoms with Crippen LogP contribution in [0.4, 0.5) is 9.59 Å². The molecule has 34 heavy (non-hydrogen) atoms. The third kappa shape index (κ3) is 20.3. The van der Waals surface area contributed by atoms with Crippen molar-refractivity contribution in [2.45, 2.75) is 45.3 Å². The Hall–Kier alpha value is -2.35. The van der Waals surface area contributed by atoms with Crippen molar-refractivity contribution in [2.24, 2.45) is 0 Å². The van der Waals surface area contributed by atoms with Crippen molar-refractivity contribution in [3.8, 4) is 0 Å². The van der Waals surface area contributed by atoms with Crippen LogP contribution in [-0.4, -0.2) is 108 Å². The molecule has 0 aromatic carbocycles. The molecule has 0 spiro atoms. The molecule has 0 aromatic heterocycles. The number of amides is 1. The van der Waals surface area contributed by atoms with E-state index >= 15 is 0 Å². The molecule has 0 heterocycles. The van der Waals surface area contributed by atoms with Crippen molar-refractivity contribution in [1.82, 2.24) is 16.1 Å². The molecule has 17 heteroatoms. The number of nitrogens with one attached hydrogen (secondary N) is 1. The minimum atomic E-state index is -1.39. The van der Waals surface area contributed by atoms with Crippen molar-refractivity contribution in [2.75, 3.05) is 46.2 Å². The molecule has 0 aliphatic carbocycles. The van der Waals surface area contributed by atoms with Gasteiger partial charge in [0.15, 0.2) is 6.04 Å². The van der Waals surface area contributed by atoms with Crippen molar-refractivity contribution in [3.63, 3.8) is 0 Å². The van der Waals surface area contributed by atoms with Gasteiger partial charge in [-0.3, -0.25) is 25.7 Å². The fourth-order valence-corrected chi connectivity index (χ4v) is 1.90. The summed E-state index contributed by atoms with van der Waals surface area (Å²) >= 11 is 0. The summed E-state index contributed by atoms with van der Waals surface area (Å²) in [4.78, 5) is 44.6. The number of unbranched alkanes of at least 4 members (excludes halogenated alkanes) is 1. The molecule has 1 unspecified atom stereocenters. The molecule has 0 fully saturated rings. The number of esters is 1. The van der Waals surface area contributed by atoms with Gasteiger partial charge in [-0.2, -0.15) is 0 Å². The molecule has 0 saturated carbocycles. The number of ether oxygens (including phenoxy) is 5. The zero-order chi connectivity index (χ0) is 26.0. The highest BCUT2D eigenvalue weighted by Gasteiger charge is 2.27. The molecule has 0 radical (unpaired) electrons. The Morgan fingerprint density at radius 2 is 1.38 bits per heavy atom. The summed E-state index contributed by atoms with van der Waals surface area (Å²) in [5, 5.41) is 34.8. The van der Waals surface area contributed by atoms with Gasteiger partial charge in [-0.05, 0) is 33.6 Å². The van der Waals surface area contributed by atoms with Gasteiger partial charge in [0.1, 0.15) is 18.8 Å². The SMILES string of the molecule is CC(C)(C)OC(=O)NC(COC(=O)OCCOCCON(O)O)C(=O)OCCCCON(O)O. The summed E-state index contributed by atoms with van der Waals surface area (Å²) in [6.07, 6.45) is -1.45. The van der Waals surface area contributed by atoms with Crippen LogP contribution in [0.15, 0.2) is 0 Å². The van der Waals surface area contributed by atoms with E-state index in [0.29, 0.717) is 12.8 Å². The maximum atomic E-state index is 12.3. The third-order valence-corrected chi connectivity index (χ3v) is 3.22. The summed E-state index contributed by atoms with van der Waals surface area (Å²) in [6.45, 7) is 3.68. The van der Waals surface area contributed by atoms with Crippen LogP contribution in [0, 0.1) is 0 Å². The average molecular weight is 503 g/mol. The summed E-state index contributed by atoms with van der Waals surface area (Å²) in [6, 6.07) is -1.39. The Labute approximate surface area is 195 Å². The Morgan fingerprint density at radius 3 is 2.00 bits per heavy atom. The lowest BCUT2D eigenvalue weighted by Gasteiger charge is -2.22. The van der Waals surface area contributed by atoms with E-state index in [2.05, 4.69) is 15.0 Å². The normalized spacial score (nSPS) is 12.4. The predicted molar refractivity (Wildman–Crippen MR) is 104 cm³/mol. The van der Waals surface area contributed by atoms with Gasteiger partial charge in [-0.1, -0.05) is 0 Å². The van der Waals surface area contributed by atoms with Gasteiger partial charge >= 0.3 is 18.2 Å². The first-order valence-corrected chi connectivity index (χ1v) is 10.1. The Morgan fingerprint density at radius 1 is 0.794 bits per heavy atom. The lowest BCUT2D eigenvalue weighted by molar-refractivity contribution is -0.493. The van der Waals surface area contributed by atoms with Crippen molar-refractivity contribution in [3.05, 3.63) is 0 Å². The maximum Gasteiger partial charge on any atom is 0.508 e. The molecule has 5 N–H and O–H groups in total. The highest BCUT2D eigenvalue weighted by molar-refractivity contribution is 5.81. The van der Waals surface area contributed by atoms with E-state index in [1.807, 2.05) is 0 Å². The fraction of sp³-hybridized carbons (Fsp3) is 0.824. The van der Waals surface area contributed by atoms with Crippen LogP contribution >= 0.6 is 0 Å². The zero-order valence-corrected chi connectivity index (χ0v) is 19.2. The second-order valence-electron chi connectivity index (χ2n) is 7.27. The molecule has 0 aromatic rings. The first-order chi connectivity index (χ1) is 15.9. The van der Waals surface area contributed by atoms with Crippen molar-refractivity contribution >= 4 is 18.2 Å². The molecule has 200 valence electrons. The van der Waals surface area contributed by atoms with Crippen LogP contribution in [0.25, 0.3) is 0 Å². The van der Waals surface area contributed by atoms with E-state index in [-0.39, 0.29) is 39.6 Å². The van der Waals surface area contributed by atoms with E-state index in [4.69, 9.17) is 44.5 Å². The second kappa shape index (κ2) is 18.0. The van der Waals surface area contributed by atoms with Crippen LogP contribution in [0.3, 0.4) is 0 Å². The average Bonchev–Trinajstić information content (AvgIpc) is 2.70. The first kappa shape index (κ1) is 31.6. The quantitative estimate of drug-likeness (QED) is 0.0785. The largest absolute Gasteiger partial charge is 0.508 e. The number of carbonyl (C=O) groups is 3. The first-order valence-electron chi connectivity index (χ1n) is 10.1. The van der Waals surface area contributed by atoms with E-state index in [1.54, 1.807) is 20.8 Å². The van der Waals surface area contributed by atoms with Gasteiger partial charge < -0.3 is 29.0 Å². The maximum absolute atomic E-state index is 12.3. The molecule has 1 atom stereocenters. The van der Waals surface area contributed by atoms with Crippen LogP contribution in [0.1, 0.15) is 33.6 Å². The van der Waals surface area contributed by atoms with E-state index in [9.17, 15) is 14.4 Å². The minimum Gasteiger partial charge on any atom is -0.464 e. The van der Waals surface area contributed by atoms with Crippen LogP contribution < -0.4 is 5.32 Å². The molecule has 1 amide bonds. The van der Waals surface area contributed by atoms with Crippen molar-refractivity contribution in [1.29, 1.82) is 0 Å². The molecule has 17 nitrogen and oxygen atoms in total. The van der Waals surface area contributed by atoms with Crippen LogP contribution in [0.2, 0.25) is 0 Å². The molecular formula is C17H33N3O14. The van der Waals surface area contributed by atoms with Gasteiger partial charge in [0.25, 0.3) is 0 Å². The van der Waals surface area contributed by atoms with E-state index in [1.165, 1.54) is 0 Å². The number of hydrogen-bond donors (Lipinski definition) is 5. The number of hydrogen-bond acceptors (Lipinski definition) is 16. The summed E-state index contributed by atoms with van der Waals surface area (Å²) in [5.41, 5.74) is -0.844. The molecule has 0 aliphatic heterocycles. The molecule has 0 saturated heterocycles. The smallest absolute Gasteiger partial charge is 0.464 e. The molecule has 0 rings (SSSR count). The third-order valence-electron chi connectivity index (χ3n) is 3.22. The molecule has 0 aliphatic rings. The molecule has 0 bridgehead atoms. The lowest BCUT2D eigenvalue weighted by atomic mass is 10.2. The highest BCUT2D eigenvalue weighted by atomic mass is 17.1. The summed E-state index contributed by atoms with van der Waals surface area (Å²) in [5.74, 6) is -0.907. The zero-order valence-electron chi connectivity index (χ0n) is 19.2. The predicted octanol–water partition coefficient (Wildman–Crippen LogP) is 0.397. The van der Waals surface area contributed by atoms with Gasteiger partial charge in [-0.15, -0.1) is 0 Å². The Kier molecular flexibility index (Phi) is 16.8. The molecular weight excluding hydrogens is 470 g/mol. The number of nitrogens with zero attached hydrogens (tertiary/aromatic N) is 2. The van der Waals surface area contributed by atoms with Crippen molar-refractivity contribution < 1.29 is 68.6 Å². The number of rotatable bonds is 17. The minimum absolute atomic E-state index is 0.0197. The van der Waals surface area contributed by atoms with Gasteiger partial charge in [0.05, 0.1) is 43.8 Å².